The van der Waals surface area contributed by atoms with Gasteiger partial charge < -0.3 is 14.2 Å². The van der Waals surface area contributed by atoms with Gasteiger partial charge in [0.15, 0.2) is 5.78 Å². The van der Waals surface area contributed by atoms with Crippen LogP contribution < -0.4 is 14.2 Å². The smallest absolute Gasteiger partial charge is 0.308 e. The predicted octanol–water partition coefficient (Wildman–Crippen LogP) is 3.33. The van der Waals surface area contributed by atoms with E-state index >= 15 is 0 Å². The van der Waals surface area contributed by atoms with Crippen LogP contribution in [0.4, 0.5) is 0 Å². The van der Waals surface area contributed by atoms with E-state index in [2.05, 4.69) is 0 Å². The SMILES string of the molecule is COc1cc(OC(C)=O)c2c(c1)O[C@@H](c1ccccc1)CC2=O. The summed E-state index contributed by atoms with van der Waals surface area (Å²) in [5.41, 5.74) is 1.21. The molecule has 3 rings (SSSR count). The summed E-state index contributed by atoms with van der Waals surface area (Å²) in [5, 5.41) is 0. The average molecular weight is 312 g/mol. The molecule has 0 unspecified atom stereocenters. The number of methoxy groups -OCH3 is 1. The van der Waals surface area contributed by atoms with Crippen LogP contribution in [0.2, 0.25) is 0 Å². The van der Waals surface area contributed by atoms with E-state index in [0.29, 0.717) is 11.5 Å². The van der Waals surface area contributed by atoms with E-state index in [-0.39, 0.29) is 29.6 Å². The zero-order valence-corrected chi connectivity index (χ0v) is 12.9. The predicted molar refractivity (Wildman–Crippen MR) is 83.1 cm³/mol. The Kier molecular flexibility index (Phi) is 4.02. The topological polar surface area (TPSA) is 61.8 Å². The molecule has 5 heteroatoms. The van der Waals surface area contributed by atoms with Crippen molar-refractivity contribution in [3.8, 4) is 17.2 Å². The largest absolute Gasteiger partial charge is 0.496 e. The number of ketones is 1. The van der Waals surface area contributed by atoms with Gasteiger partial charge in [-0.15, -0.1) is 0 Å². The number of rotatable bonds is 3. The molecule has 2 aromatic carbocycles. The number of carbonyl (C=O) groups is 2. The maximum Gasteiger partial charge on any atom is 0.308 e. The van der Waals surface area contributed by atoms with Gasteiger partial charge in [-0.25, -0.2) is 0 Å². The Morgan fingerprint density at radius 2 is 1.96 bits per heavy atom. The van der Waals surface area contributed by atoms with Gasteiger partial charge in [0.1, 0.15) is 28.9 Å². The highest BCUT2D eigenvalue weighted by Crippen LogP contribution is 2.42. The van der Waals surface area contributed by atoms with Gasteiger partial charge in [0, 0.05) is 19.1 Å². The fraction of sp³-hybridized carbons (Fsp3) is 0.222. The molecule has 0 radical (unpaired) electrons. The van der Waals surface area contributed by atoms with E-state index in [1.54, 1.807) is 6.07 Å². The van der Waals surface area contributed by atoms with Gasteiger partial charge in [0.25, 0.3) is 0 Å². The fourth-order valence-electron chi connectivity index (χ4n) is 2.61. The molecule has 23 heavy (non-hydrogen) atoms. The molecule has 1 aliphatic rings. The van der Waals surface area contributed by atoms with Crippen LogP contribution in [0.25, 0.3) is 0 Å². The highest BCUT2D eigenvalue weighted by Gasteiger charge is 2.31. The number of fused-ring (bicyclic) bond motifs is 1. The highest BCUT2D eigenvalue weighted by molar-refractivity contribution is 6.03. The van der Waals surface area contributed by atoms with E-state index in [1.165, 1.54) is 20.1 Å². The van der Waals surface area contributed by atoms with Gasteiger partial charge in [0.05, 0.1) is 13.5 Å². The van der Waals surface area contributed by atoms with Gasteiger partial charge in [-0.1, -0.05) is 30.3 Å². The van der Waals surface area contributed by atoms with Crippen molar-refractivity contribution in [2.24, 2.45) is 0 Å². The van der Waals surface area contributed by atoms with Crippen molar-refractivity contribution in [2.75, 3.05) is 7.11 Å². The first-order valence-electron chi connectivity index (χ1n) is 7.23. The minimum Gasteiger partial charge on any atom is -0.496 e. The number of ether oxygens (including phenoxy) is 3. The number of hydrogen-bond donors (Lipinski definition) is 0. The Labute approximate surface area is 133 Å². The monoisotopic (exact) mass is 312 g/mol. The van der Waals surface area contributed by atoms with Crippen molar-refractivity contribution in [3.63, 3.8) is 0 Å². The second kappa shape index (κ2) is 6.12. The summed E-state index contributed by atoms with van der Waals surface area (Å²) in [5.74, 6) is 0.369. The number of Topliss-reactive ketones (excluding diaryl/α,β-unsaturated/α-hetero) is 1. The number of hydrogen-bond acceptors (Lipinski definition) is 5. The lowest BCUT2D eigenvalue weighted by molar-refractivity contribution is -0.131. The third-order valence-electron chi connectivity index (χ3n) is 3.62. The Morgan fingerprint density at radius 3 is 2.61 bits per heavy atom. The molecule has 5 nitrogen and oxygen atoms in total. The summed E-state index contributed by atoms with van der Waals surface area (Å²) in [7, 11) is 1.50. The Morgan fingerprint density at radius 1 is 1.22 bits per heavy atom. The van der Waals surface area contributed by atoms with Crippen molar-refractivity contribution >= 4 is 11.8 Å². The molecule has 1 atom stereocenters. The first-order valence-corrected chi connectivity index (χ1v) is 7.23. The molecule has 0 aromatic heterocycles. The summed E-state index contributed by atoms with van der Waals surface area (Å²) < 4.78 is 16.3. The third-order valence-corrected chi connectivity index (χ3v) is 3.62. The Bertz CT molecular complexity index is 752. The van der Waals surface area contributed by atoms with Gasteiger partial charge in [-0.3, -0.25) is 9.59 Å². The summed E-state index contributed by atoms with van der Waals surface area (Å²) >= 11 is 0. The molecule has 0 amide bonds. The standard InChI is InChI=1S/C18H16O5/c1-11(19)22-16-8-13(21-2)9-17-18(16)14(20)10-15(23-17)12-6-4-3-5-7-12/h3-9,15H,10H2,1-2H3/t15-/m1/s1. The van der Waals surface area contributed by atoms with Crippen LogP contribution in [0, 0.1) is 0 Å². The molecule has 118 valence electrons. The van der Waals surface area contributed by atoms with Crippen molar-refractivity contribution in [3.05, 3.63) is 53.6 Å². The van der Waals surface area contributed by atoms with Crippen LogP contribution in [0.3, 0.4) is 0 Å². The molecule has 0 bridgehead atoms. The molecule has 1 aliphatic heterocycles. The maximum atomic E-state index is 12.6. The fourth-order valence-corrected chi connectivity index (χ4v) is 2.61. The maximum absolute atomic E-state index is 12.6. The summed E-state index contributed by atoms with van der Waals surface area (Å²) in [6, 6.07) is 12.7. The molecule has 0 saturated carbocycles. The summed E-state index contributed by atoms with van der Waals surface area (Å²) in [6.45, 7) is 1.28. The average Bonchev–Trinajstić information content (AvgIpc) is 2.54. The van der Waals surface area contributed by atoms with Crippen LogP contribution >= 0.6 is 0 Å². The quantitative estimate of drug-likeness (QED) is 0.642. The molecular weight excluding hydrogens is 296 g/mol. The van der Waals surface area contributed by atoms with E-state index < -0.39 is 5.97 Å². The van der Waals surface area contributed by atoms with Crippen LogP contribution in [-0.4, -0.2) is 18.9 Å². The molecule has 1 heterocycles. The minimum absolute atomic E-state index is 0.126. The normalized spacial score (nSPS) is 16.3. The molecule has 2 aromatic rings. The molecule has 0 aliphatic carbocycles. The highest BCUT2D eigenvalue weighted by atomic mass is 16.5. The lowest BCUT2D eigenvalue weighted by atomic mass is 9.95. The summed E-state index contributed by atoms with van der Waals surface area (Å²) in [4.78, 5) is 23.8. The van der Waals surface area contributed by atoms with Crippen molar-refractivity contribution in [1.29, 1.82) is 0 Å². The molecule has 0 spiro atoms. The third kappa shape index (κ3) is 3.04. The Balaban J connectivity index is 2.03. The van der Waals surface area contributed by atoms with E-state index in [1.807, 2.05) is 30.3 Å². The van der Waals surface area contributed by atoms with Crippen LogP contribution in [0.15, 0.2) is 42.5 Å². The van der Waals surface area contributed by atoms with E-state index in [9.17, 15) is 9.59 Å². The van der Waals surface area contributed by atoms with E-state index in [4.69, 9.17) is 14.2 Å². The molecule has 0 fully saturated rings. The Hall–Kier alpha value is -2.82. The molecule has 0 N–H and O–H groups in total. The second-order valence-electron chi connectivity index (χ2n) is 5.24. The van der Waals surface area contributed by atoms with Gasteiger partial charge in [0.2, 0.25) is 0 Å². The first-order chi connectivity index (χ1) is 11.1. The zero-order chi connectivity index (χ0) is 16.4. The molecule has 0 saturated heterocycles. The van der Waals surface area contributed by atoms with Crippen LogP contribution in [-0.2, 0) is 4.79 Å². The van der Waals surface area contributed by atoms with Crippen molar-refractivity contribution in [1.82, 2.24) is 0 Å². The number of benzene rings is 2. The van der Waals surface area contributed by atoms with Crippen LogP contribution in [0.1, 0.15) is 35.4 Å². The minimum atomic E-state index is -0.501. The second-order valence-corrected chi connectivity index (χ2v) is 5.24. The van der Waals surface area contributed by atoms with E-state index in [0.717, 1.165) is 5.56 Å². The van der Waals surface area contributed by atoms with Crippen molar-refractivity contribution < 1.29 is 23.8 Å². The van der Waals surface area contributed by atoms with Gasteiger partial charge in [-0.2, -0.15) is 0 Å². The molecular formula is C18H16O5. The summed E-state index contributed by atoms with van der Waals surface area (Å²) in [6.07, 6.45) is -0.175. The first kappa shape index (κ1) is 15.1. The lowest BCUT2D eigenvalue weighted by Gasteiger charge is -2.27. The van der Waals surface area contributed by atoms with Crippen molar-refractivity contribution in [2.45, 2.75) is 19.4 Å². The van der Waals surface area contributed by atoms with Gasteiger partial charge in [-0.05, 0) is 5.56 Å². The lowest BCUT2D eigenvalue weighted by Crippen LogP contribution is -2.21. The number of carbonyl (C=O) groups excluding carboxylic acids is 2. The number of esters is 1. The zero-order valence-electron chi connectivity index (χ0n) is 12.9. The van der Waals surface area contributed by atoms with Gasteiger partial charge >= 0.3 is 5.97 Å². The van der Waals surface area contributed by atoms with Crippen LogP contribution in [0.5, 0.6) is 17.2 Å².